The Morgan fingerprint density at radius 3 is 2.60 bits per heavy atom. The van der Waals surface area contributed by atoms with Gasteiger partial charge in [-0.15, -0.1) is 0 Å². The molecular formula is C18H15F3N2O2. The number of anilines is 1. The lowest BCUT2D eigenvalue weighted by Crippen LogP contribution is -2.32. The van der Waals surface area contributed by atoms with Gasteiger partial charge in [0.15, 0.2) is 0 Å². The van der Waals surface area contributed by atoms with E-state index in [1.54, 1.807) is 6.07 Å². The monoisotopic (exact) mass is 348 g/mol. The van der Waals surface area contributed by atoms with Crippen LogP contribution in [0.3, 0.4) is 0 Å². The average Bonchev–Trinajstić information content (AvgIpc) is 2.94. The van der Waals surface area contributed by atoms with E-state index in [4.69, 9.17) is 0 Å². The highest BCUT2D eigenvalue weighted by Crippen LogP contribution is 2.28. The van der Waals surface area contributed by atoms with Gasteiger partial charge in [-0.25, -0.2) is 13.2 Å². The van der Waals surface area contributed by atoms with E-state index in [9.17, 15) is 22.8 Å². The molecule has 4 nitrogen and oxygen atoms in total. The third-order valence-electron chi connectivity index (χ3n) is 4.05. The summed E-state index contributed by atoms with van der Waals surface area (Å²) in [6.07, 6.45) is -0.0637. The third kappa shape index (κ3) is 3.81. The zero-order valence-corrected chi connectivity index (χ0v) is 13.1. The highest BCUT2D eigenvalue weighted by atomic mass is 19.1. The van der Waals surface area contributed by atoms with Gasteiger partial charge in [0.2, 0.25) is 11.8 Å². The molecule has 0 spiro atoms. The number of amides is 2. The molecule has 25 heavy (non-hydrogen) atoms. The Balaban J connectivity index is 1.64. The smallest absolute Gasteiger partial charge is 0.227 e. The van der Waals surface area contributed by atoms with Gasteiger partial charge < -0.3 is 10.2 Å². The fraction of sp³-hybridized carbons (Fsp3) is 0.222. The van der Waals surface area contributed by atoms with Gasteiger partial charge in [-0.2, -0.15) is 0 Å². The second-order valence-electron chi connectivity index (χ2n) is 5.85. The molecule has 1 aliphatic rings. The molecule has 2 aromatic carbocycles. The van der Waals surface area contributed by atoms with Crippen LogP contribution in [0, 0.1) is 23.4 Å². The van der Waals surface area contributed by atoms with Crippen molar-refractivity contribution in [3.63, 3.8) is 0 Å². The van der Waals surface area contributed by atoms with Crippen LogP contribution >= 0.6 is 0 Å². The molecule has 2 amide bonds. The van der Waals surface area contributed by atoms with Crippen LogP contribution in [0.15, 0.2) is 42.5 Å². The Kier molecular flexibility index (Phi) is 4.74. The minimum absolute atomic E-state index is 0.0103. The lowest BCUT2D eigenvalue weighted by molar-refractivity contribution is -0.126. The van der Waals surface area contributed by atoms with Gasteiger partial charge in [0, 0.05) is 25.6 Å². The normalized spacial score (nSPS) is 17.0. The summed E-state index contributed by atoms with van der Waals surface area (Å²) < 4.78 is 40.0. The lowest BCUT2D eigenvalue weighted by atomic mass is 10.1. The van der Waals surface area contributed by atoms with Crippen LogP contribution in [0.5, 0.6) is 0 Å². The van der Waals surface area contributed by atoms with Crippen molar-refractivity contribution >= 4 is 17.5 Å². The van der Waals surface area contributed by atoms with Crippen LogP contribution in [0.4, 0.5) is 18.9 Å². The van der Waals surface area contributed by atoms with Crippen molar-refractivity contribution in [2.45, 2.75) is 13.0 Å². The molecule has 0 bridgehead atoms. The SMILES string of the molecule is O=C(NCc1cccc(F)c1)C1CC(=O)N(c2ccc(F)cc2F)C1. The maximum Gasteiger partial charge on any atom is 0.227 e. The topological polar surface area (TPSA) is 49.4 Å². The van der Waals surface area contributed by atoms with Crippen LogP contribution in [0.2, 0.25) is 0 Å². The summed E-state index contributed by atoms with van der Waals surface area (Å²) in [7, 11) is 0. The second kappa shape index (κ2) is 6.96. The first kappa shape index (κ1) is 17.0. The quantitative estimate of drug-likeness (QED) is 0.924. The van der Waals surface area contributed by atoms with E-state index in [1.165, 1.54) is 24.3 Å². The summed E-state index contributed by atoms with van der Waals surface area (Å²) in [5.41, 5.74) is 0.547. The number of benzene rings is 2. The average molecular weight is 348 g/mol. The number of nitrogens with zero attached hydrogens (tertiary/aromatic N) is 1. The first-order valence-electron chi connectivity index (χ1n) is 7.71. The fourth-order valence-electron chi connectivity index (χ4n) is 2.80. The van der Waals surface area contributed by atoms with Crippen LogP contribution in [-0.2, 0) is 16.1 Å². The Bertz CT molecular complexity index is 826. The summed E-state index contributed by atoms with van der Waals surface area (Å²) in [5.74, 6) is -3.42. The van der Waals surface area contributed by atoms with E-state index >= 15 is 0 Å². The van der Waals surface area contributed by atoms with Crippen molar-refractivity contribution in [3.05, 3.63) is 65.5 Å². The summed E-state index contributed by atoms with van der Waals surface area (Å²) in [6, 6.07) is 8.74. The van der Waals surface area contributed by atoms with Crippen molar-refractivity contribution < 1.29 is 22.8 Å². The summed E-state index contributed by atoms with van der Waals surface area (Å²) in [5, 5.41) is 2.65. The first-order chi connectivity index (χ1) is 11.9. The van der Waals surface area contributed by atoms with Crippen LogP contribution < -0.4 is 10.2 Å². The van der Waals surface area contributed by atoms with E-state index in [0.717, 1.165) is 11.0 Å². The van der Waals surface area contributed by atoms with Crippen molar-refractivity contribution in [2.75, 3.05) is 11.4 Å². The largest absolute Gasteiger partial charge is 0.352 e. The van der Waals surface area contributed by atoms with Crippen molar-refractivity contribution in [2.24, 2.45) is 5.92 Å². The predicted molar refractivity (Wildman–Crippen MR) is 85.1 cm³/mol. The zero-order chi connectivity index (χ0) is 18.0. The number of hydrogen-bond donors (Lipinski definition) is 1. The van der Waals surface area contributed by atoms with Gasteiger partial charge in [-0.3, -0.25) is 9.59 Å². The summed E-state index contributed by atoms with van der Waals surface area (Å²) in [6.45, 7) is 0.141. The van der Waals surface area contributed by atoms with Gasteiger partial charge in [0.05, 0.1) is 11.6 Å². The van der Waals surface area contributed by atoms with Crippen molar-refractivity contribution in [1.82, 2.24) is 5.32 Å². The molecule has 1 aliphatic heterocycles. The van der Waals surface area contributed by atoms with Crippen LogP contribution in [0.1, 0.15) is 12.0 Å². The number of carbonyl (C=O) groups excluding carboxylic acids is 2. The van der Waals surface area contributed by atoms with Crippen molar-refractivity contribution in [1.29, 1.82) is 0 Å². The fourth-order valence-corrected chi connectivity index (χ4v) is 2.80. The molecule has 1 saturated heterocycles. The number of rotatable bonds is 4. The number of nitrogens with one attached hydrogen (secondary N) is 1. The molecule has 1 atom stereocenters. The van der Waals surface area contributed by atoms with E-state index < -0.39 is 29.3 Å². The minimum atomic E-state index is -0.853. The van der Waals surface area contributed by atoms with E-state index in [0.29, 0.717) is 11.6 Å². The van der Waals surface area contributed by atoms with Gasteiger partial charge in [-0.05, 0) is 29.8 Å². The molecule has 0 aromatic heterocycles. The van der Waals surface area contributed by atoms with Crippen molar-refractivity contribution in [3.8, 4) is 0 Å². The van der Waals surface area contributed by atoms with Gasteiger partial charge in [0.25, 0.3) is 0 Å². The van der Waals surface area contributed by atoms with E-state index in [2.05, 4.69) is 5.32 Å². The molecule has 2 aromatic rings. The molecule has 0 aliphatic carbocycles. The minimum Gasteiger partial charge on any atom is -0.352 e. The number of carbonyl (C=O) groups is 2. The second-order valence-corrected chi connectivity index (χ2v) is 5.85. The Labute approximate surface area is 142 Å². The first-order valence-corrected chi connectivity index (χ1v) is 7.71. The van der Waals surface area contributed by atoms with E-state index in [1.807, 2.05) is 0 Å². The number of halogens is 3. The molecule has 3 rings (SSSR count). The molecule has 7 heteroatoms. The lowest BCUT2D eigenvalue weighted by Gasteiger charge is -2.17. The molecular weight excluding hydrogens is 333 g/mol. The Morgan fingerprint density at radius 1 is 1.12 bits per heavy atom. The van der Waals surface area contributed by atoms with E-state index in [-0.39, 0.29) is 31.1 Å². The Hall–Kier alpha value is -2.83. The highest BCUT2D eigenvalue weighted by Gasteiger charge is 2.36. The maximum atomic E-state index is 13.8. The molecule has 1 heterocycles. The molecule has 130 valence electrons. The molecule has 0 radical (unpaired) electrons. The van der Waals surface area contributed by atoms with Crippen LogP contribution in [-0.4, -0.2) is 18.4 Å². The van der Waals surface area contributed by atoms with Gasteiger partial charge >= 0.3 is 0 Å². The molecule has 1 unspecified atom stereocenters. The Morgan fingerprint density at radius 2 is 1.88 bits per heavy atom. The maximum absolute atomic E-state index is 13.8. The summed E-state index contributed by atoms with van der Waals surface area (Å²) >= 11 is 0. The summed E-state index contributed by atoms with van der Waals surface area (Å²) in [4.78, 5) is 25.4. The zero-order valence-electron chi connectivity index (χ0n) is 13.1. The molecule has 0 saturated carbocycles. The number of hydrogen-bond acceptors (Lipinski definition) is 2. The van der Waals surface area contributed by atoms with Gasteiger partial charge in [0.1, 0.15) is 17.5 Å². The molecule has 1 N–H and O–H groups in total. The van der Waals surface area contributed by atoms with Crippen LogP contribution in [0.25, 0.3) is 0 Å². The predicted octanol–water partition coefficient (Wildman–Crippen LogP) is 2.77. The molecule has 1 fully saturated rings. The highest BCUT2D eigenvalue weighted by molar-refractivity contribution is 6.00. The standard InChI is InChI=1S/C18H15F3N2O2/c19-13-3-1-2-11(6-13)9-22-18(25)12-7-17(24)23(10-12)16-5-4-14(20)8-15(16)21/h1-6,8,12H,7,9-10H2,(H,22,25). The third-order valence-corrected chi connectivity index (χ3v) is 4.05. The van der Waals surface area contributed by atoms with Gasteiger partial charge in [-0.1, -0.05) is 12.1 Å².